The number of alkyl halides is 1. The summed E-state index contributed by atoms with van der Waals surface area (Å²) in [6.45, 7) is 1.50. The first-order valence-corrected chi connectivity index (χ1v) is 7.82. The SMILES string of the molecule is BrC(c1cccc(I)c1)c1ccc2c(c1)COC2. The summed E-state index contributed by atoms with van der Waals surface area (Å²) in [5.74, 6) is 0. The molecule has 3 heteroatoms. The van der Waals surface area contributed by atoms with Crippen molar-refractivity contribution in [2.75, 3.05) is 0 Å². The highest BCUT2D eigenvalue weighted by atomic mass is 127. The molecule has 0 bridgehead atoms. The van der Waals surface area contributed by atoms with Gasteiger partial charge in [-0.15, -0.1) is 0 Å². The van der Waals surface area contributed by atoms with Crippen LogP contribution in [0, 0.1) is 3.57 Å². The molecule has 3 rings (SSSR count). The van der Waals surface area contributed by atoms with Crippen LogP contribution in [0.25, 0.3) is 0 Å². The largest absolute Gasteiger partial charge is 0.372 e. The van der Waals surface area contributed by atoms with Crippen LogP contribution in [-0.2, 0) is 18.0 Å². The molecular weight excluding hydrogens is 403 g/mol. The third kappa shape index (κ3) is 2.49. The zero-order valence-corrected chi connectivity index (χ0v) is 13.4. The third-order valence-electron chi connectivity index (χ3n) is 3.18. The first-order valence-electron chi connectivity index (χ1n) is 5.83. The molecule has 0 saturated carbocycles. The van der Waals surface area contributed by atoms with Crippen LogP contribution in [0.4, 0.5) is 0 Å². The lowest BCUT2D eigenvalue weighted by atomic mass is 10.0. The Morgan fingerprint density at radius 3 is 2.61 bits per heavy atom. The molecule has 0 aromatic heterocycles. The molecule has 92 valence electrons. The number of hydrogen-bond acceptors (Lipinski definition) is 1. The number of ether oxygens (including phenoxy) is 1. The summed E-state index contributed by atoms with van der Waals surface area (Å²) in [7, 11) is 0. The van der Waals surface area contributed by atoms with E-state index in [1.807, 2.05) is 0 Å². The molecule has 0 fully saturated rings. The second-order valence-electron chi connectivity index (χ2n) is 4.44. The van der Waals surface area contributed by atoms with Gasteiger partial charge in [0.05, 0.1) is 18.0 Å². The van der Waals surface area contributed by atoms with Gasteiger partial charge in [-0.3, -0.25) is 0 Å². The quantitative estimate of drug-likeness (QED) is 0.506. The molecule has 1 heterocycles. The molecule has 0 spiro atoms. The van der Waals surface area contributed by atoms with Crippen molar-refractivity contribution in [2.24, 2.45) is 0 Å². The molecule has 1 aliphatic heterocycles. The highest BCUT2D eigenvalue weighted by molar-refractivity contribution is 14.1. The Labute approximate surface area is 129 Å². The summed E-state index contributed by atoms with van der Waals surface area (Å²) in [6.07, 6.45) is 0. The molecule has 2 aromatic rings. The topological polar surface area (TPSA) is 9.23 Å². The Morgan fingerprint density at radius 2 is 1.78 bits per heavy atom. The van der Waals surface area contributed by atoms with Crippen molar-refractivity contribution in [3.05, 3.63) is 68.3 Å². The molecule has 1 atom stereocenters. The predicted octanol–water partition coefficient (Wildman–Crippen LogP) is 4.81. The normalized spacial score (nSPS) is 15.4. The molecule has 0 radical (unpaired) electrons. The van der Waals surface area contributed by atoms with Crippen LogP contribution in [0.2, 0.25) is 0 Å². The Morgan fingerprint density at radius 1 is 1.00 bits per heavy atom. The Bertz CT molecular complexity index is 582. The maximum Gasteiger partial charge on any atom is 0.0725 e. The van der Waals surface area contributed by atoms with Gasteiger partial charge in [-0.1, -0.05) is 46.3 Å². The summed E-state index contributed by atoms with van der Waals surface area (Å²) in [6, 6.07) is 15.2. The monoisotopic (exact) mass is 414 g/mol. The molecule has 0 N–H and O–H groups in total. The minimum atomic E-state index is 0.248. The summed E-state index contributed by atoms with van der Waals surface area (Å²) >= 11 is 6.14. The van der Waals surface area contributed by atoms with Crippen LogP contribution < -0.4 is 0 Å². The molecule has 0 saturated heterocycles. The van der Waals surface area contributed by atoms with E-state index in [1.54, 1.807) is 0 Å². The van der Waals surface area contributed by atoms with Crippen LogP contribution in [0.5, 0.6) is 0 Å². The van der Waals surface area contributed by atoms with E-state index in [1.165, 1.54) is 25.8 Å². The van der Waals surface area contributed by atoms with Gasteiger partial charge in [0.15, 0.2) is 0 Å². The number of fused-ring (bicyclic) bond motifs is 1. The van der Waals surface area contributed by atoms with Crippen LogP contribution in [0.1, 0.15) is 27.1 Å². The van der Waals surface area contributed by atoms with Crippen LogP contribution >= 0.6 is 38.5 Å². The van der Waals surface area contributed by atoms with Gasteiger partial charge in [-0.25, -0.2) is 0 Å². The summed E-state index contributed by atoms with van der Waals surface area (Å²) < 4.78 is 6.72. The molecular formula is C15H12BrIO. The molecule has 0 amide bonds. The van der Waals surface area contributed by atoms with Gasteiger partial charge in [0.1, 0.15) is 0 Å². The van der Waals surface area contributed by atoms with Crippen molar-refractivity contribution in [3.8, 4) is 0 Å². The van der Waals surface area contributed by atoms with E-state index in [9.17, 15) is 0 Å². The first-order chi connectivity index (χ1) is 8.74. The summed E-state index contributed by atoms with van der Waals surface area (Å²) in [5, 5.41) is 0. The van der Waals surface area contributed by atoms with Gasteiger partial charge in [-0.05, 0) is 57.0 Å². The fourth-order valence-corrected chi connectivity index (χ4v) is 3.34. The van der Waals surface area contributed by atoms with Gasteiger partial charge < -0.3 is 4.74 Å². The van der Waals surface area contributed by atoms with Crippen LogP contribution in [0.3, 0.4) is 0 Å². The fourth-order valence-electron chi connectivity index (χ4n) is 2.21. The lowest BCUT2D eigenvalue weighted by Crippen LogP contribution is -1.95. The lowest BCUT2D eigenvalue weighted by Gasteiger charge is -2.12. The molecule has 1 aliphatic rings. The van der Waals surface area contributed by atoms with Crippen LogP contribution in [-0.4, -0.2) is 0 Å². The van der Waals surface area contributed by atoms with Crippen molar-refractivity contribution in [1.29, 1.82) is 0 Å². The van der Waals surface area contributed by atoms with Crippen molar-refractivity contribution < 1.29 is 4.74 Å². The average Bonchev–Trinajstić information content (AvgIpc) is 2.85. The van der Waals surface area contributed by atoms with E-state index >= 15 is 0 Å². The molecule has 0 aliphatic carbocycles. The van der Waals surface area contributed by atoms with Crippen molar-refractivity contribution in [3.63, 3.8) is 0 Å². The highest BCUT2D eigenvalue weighted by Crippen LogP contribution is 2.33. The number of benzene rings is 2. The number of rotatable bonds is 2. The van der Waals surface area contributed by atoms with Gasteiger partial charge in [-0.2, -0.15) is 0 Å². The second kappa shape index (κ2) is 5.31. The van der Waals surface area contributed by atoms with E-state index in [4.69, 9.17) is 4.74 Å². The van der Waals surface area contributed by atoms with Crippen molar-refractivity contribution in [2.45, 2.75) is 18.0 Å². The smallest absolute Gasteiger partial charge is 0.0725 e. The van der Waals surface area contributed by atoms with Gasteiger partial charge in [0.25, 0.3) is 0 Å². The fraction of sp³-hybridized carbons (Fsp3) is 0.200. The maximum absolute atomic E-state index is 5.46. The zero-order valence-electron chi connectivity index (χ0n) is 9.70. The Hall–Kier alpha value is -0.390. The van der Waals surface area contributed by atoms with E-state index in [2.05, 4.69) is 81.0 Å². The van der Waals surface area contributed by atoms with Crippen molar-refractivity contribution in [1.82, 2.24) is 0 Å². The predicted molar refractivity (Wildman–Crippen MR) is 84.9 cm³/mol. The van der Waals surface area contributed by atoms with Crippen molar-refractivity contribution >= 4 is 38.5 Å². The van der Waals surface area contributed by atoms with Crippen LogP contribution in [0.15, 0.2) is 42.5 Å². The van der Waals surface area contributed by atoms with Gasteiger partial charge in [0.2, 0.25) is 0 Å². The average molecular weight is 415 g/mol. The molecule has 2 aromatic carbocycles. The first kappa shape index (κ1) is 12.6. The number of halogens is 2. The van der Waals surface area contributed by atoms with Gasteiger partial charge in [0, 0.05) is 3.57 Å². The highest BCUT2D eigenvalue weighted by Gasteiger charge is 2.15. The molecule has 1 unspecified atom stereocenters. The Balaban J connectivity index is 1.95. The summed E-state index contributed by atoms with van der Waals surface area (Å²) in [5.41, 5.74) is 5.23. The van der Waals surface area contributed by atoms with Gasteiger partial charge >= 0.3 is 0 Å². The molecule has 1 nitrogen and oxygen atoms in total. The Kier molecular flexibility index (Phi) is 3.73. The maximum atomic E-state index is 5.46. The van der Waals surface area contributed by atoms with E-state index in [-0.39, 0.29) is 4.83 Å². The molecule has 18 heavy (non-hydrogen) atoms. The minimum absolute atomic E-state index is 0.248. The van der Waals surface area contributed by atoms with E-state index in [0.29, 0.717) is 0 Å². The minimum Gasteiger partial charge on any atom is -0.372 e. The third-order valence-corrected chi connectivity index (χ3v) is 4.91. The van der Waals surface area contributed by atoms with E-state index < -0.39 is 0 Å². The standard InChI is InChI=1S/C15H12BrIO/c16-15(10-2-1-3-14(17)7-10)11-4-5-12-8-18-9-13(12)6-11/h1-7,15H,8-9H2. The second-order valence-corrected chi connectivity index (χ2v) is 6.60. The number of hydrogen-bond donors (Lipinski definition) is 0. The lowest BCUT2D eigenvalue weighted by molar-refractivity contribution is 0.134. The zero-order chi connectivity index (χ0) is 12.5. The summed E-state index contributed by atoms with van der Waals surface area (Å²) in [4.78, 5) is 0.248. The van der Waals surface area contributed by atoms with E-state index in [0.717, 1.165) is 13.2 Å².